The molecule has 0 aliphatic carbocycles. The summed E-state index contributed by atoms with van der Waals surface area (Å²) in [7, 11) is 0. The summed E-state index contributed by atoms with van der Waals surface area (Å²) in [6, 6.07) is 12.3. The molecule has 0 aliphatic rings. The van der Waals surface area contributed by atoms with E-state index in [0.29, 0.717) is 0 Å². The van der Waals surface area contributed by atoms with E-state index in [4.69, 9.17) is 0 Å². The monoisotopic (exact) mass is 280 g/mol. The van der Waals surface area contributed by atoms with Gasteiger partial charge >= 0.3 is 0 Å². The first-order chi connectivity index (χ1) is 10.1. The maximum atomic E-state index is 13.0. The zero-order valence-corrected chi connectivity index (χ0v) is 13.5. The molecule has 0 unspecified atom stereocenters. The van der Waals surface area contributed by atoms with Crippen LogP contribution < -0.4 is 0 Å². The molecule has 0 radical (unpaired) electrons. The average molecular weight is 280 g/mol. The summed E-state index contributed by atoms with van der Waals surface area (Å²) in [5, 5.41) is 0. The van der Waals surface area contributed by atoms with Crippen LogP contribution in [0.2, 0.25) is 0 Å². The lowest BCUT2D eigenvalue weighted by Gasteiger charge is -2.15. The second-order valence-electron chi connectivity index (χ2n) is 5.55. The highest BCUT2D eigenvalue weighted by atomic mass is 16.1. The standard InChI is InChI=1S/C20H24O/c1-5-15-12-16(6-2)19(17(7-3)13-15)20(21)18-10-8-9-14(4)11-18/h8-13H,5-7H2,1-4H3. The molecule has 0 heterocycles. The molecule has 2 aromatic rings. The molecule has 0 saturated carbocycles. The van der Waals surface area contributed by atoms with Crippen LogP contribution in [-0.2, 0) is 19.3 Å². The third kappa shape index (κ3) is 3.24. The summed E-state index contributed by atoms with van der Waals surface area (Å²) in [5.41, 5.74) is 6.52. The molecule has 110 valence electrons. The van der Waals surface area contributed by atoms with E-state index >= 15 is 0 Å². The Morgan fingerprint density at radius 2 is 1.52 bits per heavy atom. The molecule has 0 bridgehead atoms. The number of carbonyl (C=O) groups excluding carboxylic acids is 1. The summed E-state index contributed by atoms with van der Waals surface area (Å²) < 4.78 is 0. The molecule has 2 aromatic carbocycles. The summed E-state index contributed by atoms with van der Waals surface area (Å²) in [6.07, 6.45) is 2.81. The van der Waals surface area contributed by atoms with E-state index in [1.807, 2.05) is 31.2 Å². The maximum absolute atomic E-state index is 13.0. The van der Waals surface area contributed by atoms with Gasteiger partial charge in [-0.3, -0.25) is 4.79 Å². The van der Waals surface area contributed by atoms with E-state index in [1.54, 1.807) is 0 Å². The molecule has 21 heavy (non-hydrogen) atoms. The molecule has 1 nitrogen and oxygen atoms in total. The largest absolute Gasteiger partial charge is 0.289 e. The van der Waals surface area contributed by atoms with Crippen molar-refractivity contribution in [2.45, 2.75) is 47.0 Å². The van der Waals surface area contributed by atoms with Crippen LogP contribution in [0.15, 0.2) is 36.4 Å². The van der Waals surface area contributed by atoms with E-state index in [2.05, 4.69) is 32.9 Å². The molecule has 0 atom stereocenters. The zero-order valence-electron chi connectivity index (χ0n) is 13.5. The highest BCUT2D eigenvalue weighted by Crippen LogP contribution is 2.23. The van der Waals surface area contributed by atoms with Crippen molar-refractivity contribution < 1.29 is 4.79 Å². The molecular weight excluding hydrogens is 256 g/mol. The van der Waals surface area contributed by atoms with Gasteiger partial charge in [-0.1, -0.05) is 56.7 Å². The Balaban J connectivity index is 2.59. The second-order valence-corrected chi connectivity index (χ2v) is 5.55. The highest BCUT2D eigenvalue weighted by molar-refractivity contribution is 6.11. The van der Waals surface area contributed by atoms with Gasteiger partial charge in [-0.05, 0) is 48.9 Å². The lowest BCUT2D eigenvalue weighted by atomic mass is 9.88. The van der Waals surface area contributed by atoms with Gasteiger partial charge in [0.15, 0.2) is 5.78 Å². The molecular formula is C20H24O. The van der Waals surface area contributed by atoms with E-state index in [-0.39, 0.29) is 5.78 Å². The van der Waals surface area contributed by atoms with Crippen molar-refractivity contribution in [2.24, 2.45) is 0 Å². The fraction of sp³-hybridized carbons (Fsp3) is 0.350. The molecule has 0 fully saturated rings. The quantitative estimate of drug-likeness (QED) is 0.711. The van der Waals surface area contributed by atoms with Crippen molar-refractivity contribution in [3.8, 4) is 0 Å². The molecule has 1 heteroatoms. The topological polar surface area (TPSA) is 17.1 Å². The molecule has 0 amide bonds. The fourth-order valence-corrected chi connectivity index (χ4v) is 2.82. The lowest BCUT2D eigenvalue weighted by Crippen LogP contribution is -2.10. The Kier molecular flexibility index (Phi) is 4.95. The van der Waals surface area contributed by atoms with Crippen molar-refractivity contribution in [3.05, 3.63) is 69.8 Å². The maximum Gasteiger partial charge on any atom is 0.193 e. The van der Waals surface area contributed by atoms with Gasteiger partial charge < -0.3 is 0 Å². The number of hydrogen-bond donors (Lipinski definition) is 0. The van der Waals surface area contributed by atoms with Crippen molar-refractivity contribution in [1.82, 2.24) is 0 Å². The normalized spacial score (nSPS) is 10.7. The predicted octanol–water partition coefficient (Wildman–Crippen LogP) is 4.91. The average Bonchev–Trinajstić information content (AvgIpc) is 2.52. The number of benzene rings is 2. The second kappa shape index (κ2) is 6.71. The van der Waals surface area contributed by atoms with Gasteiger partial charge in [0.05, 0.1) is 0 Å². The van der Waals surface area contributed by atoms with Crippen molar-refractivity contribution >= 4 is 5.78 Å². The number of hydrogen-bond acceptors (Lipinski definition) is 1. The van der Waals surface area contributed by atoms with Gasteiger partial charge in [0, 0.05) is 11.1 Å². The van der Waals surface area contributed by atoms with Gasteiger partial charge in [-0.2, -0.15) is 0 Å². The Morgan fingerprint density at radius 1 is 0.905 bits per heavy atom. The van der Waals surface area contributed by atoms with Gasteiger partial charge in [0.2, 0.25) is 0 Å². The van der Waals surface area contributed by atoms with Crippen LogP contribution in [-0.4, -0.2) is 5.78 Å². The Labute approximate surface area is 128 Å². The number of ketones is 1. The molecule has 0 spiro atoms. The molecule has 0 aromatic heterocycles. The van der Waals surface area contributed by atoms with E-state index in [1.165, 1.54) is 16.7 Å². The van der Waals surface area contributed by atoms with E-state index in [9.17, 15) is 4.79 Å². The van der Waals surface area contributed by atoms with Gasteiger partial charge in [0.1, 0.15) is 0 Å². The number of carbonyl (C=O) groups is 1. The minimum absolute atomic E-state index is 0.162. The summed E-state index contributed by atoms with van der Waals surface area (Å²) in [4.78, 5) is 13.0. The number of aryl methyl sites for hydroxylation is 4. The van der Waals surface area contributed by atoms with Gasteiger partial charge in [-0.15, -0.1) is 0 Å². The first-order valence-electron chi connectivity index (χ1n) is 7.86. The van der Waals surface area contributed by atoms with Crippen molar-refractivity contribution in [1.29, 1.82) is 0 Å². The zero-order chi connectivity index (χ0) is 15.4. The molecule has 0 aliphatic heterocycles. The van der Waals surface area contributed by atoms with E-state index in [0.717, 1.165) is 36.0 Å². The Morgan fingerprint density at radius 3 is 2.00 bits per heavy atom. The summed E-state index contributed by atoms with van der Waals surface area (Å²) >= 11 is 0. The SMILES string of the molecule is CCc1cc(CC)c(C(=O)c2cccc(C)c2)c(CC)c1. The van der Waals surface area contributed by atoms with Crippen molar-refractivity contribution in [3.63, 3.8) is 0 Å². The Bertz CT molecular complexity index is 628. The third-order valence-electron chi connectivity index (χ3n) is 4.04. The summed E-state index contributed by atoms with van der Waals surface area (Å²) in [6.45, 7) is 8.44. The molecule has 0 saturated heterocycles. The highest BCUT2D eigenvalue weighted by Gasteiger charge is 2.17. The first-order valence-corrected chi connectivity index (χ1v) is 7.86. The lowest BCUT2D eigenvalue weighted by molar-refractivity contribution is 0.103. The third-order valence-corrected chi connectivity index (χ3v) is 4.04. The van der Waals surface area contributed by atoms with Crippen LogP contribution in [0.4, 0.5) is 0 Å². The van der Waals surface area contributed by atoms with Crippen LogP contribution in [0.3, 0.4) is 0 Å². The van der Waals surface area contributed by atoms with Crippen LogP contribution in [0, 0.1) is 6.92 Å². The smallest absolute Gasteiger partial charge is 0.193 e. The van der Waals surface area contributed by atoms with Gasteiger partial charge in [0.25, 0.3) is 0 Å². The Hall–Kier alpha value is -1.89. The van der Waals surface area contributed by atoms with Crippen LogP contribution in [0.5, 0.6) is 0 Å². The molecule has 0 N–H and O–H groups in total. The minimum atomic E-state index is 0.162. The van der Waals surface area contributed by atoms with Gasteiger partial charge in [-0.25, -0.2) is 0 Å². The van der Waals surface area contributed by atoms with Crippen LogP contribution >= 0.6 is 0 Å². The van der Waals surface area contributed by atoms with Crippen molar-refractivity contribution in [2.75, 3.05) is 0 Å². The minimum Gasteiger partial charge on any atom is -0.289 e. The van der Waals surface area contributed by atoms with Crippen LogP contribution in [0.1, 0.15) is 58.9 Å². The summed E-state index contributed by atoms with van der Waals surface area (Å²) in [5.74, 6) is 0.162. The van der Waals surface area contributed by atoms with Crippen LogP contribution in [0.25, 0.3) is 0 Å². The fourth-order valence-electron chi connectivity index (χ4n) is 2.82. The predicted molar refractivity (Wildman–Crippen MR) is 89.2 cm³/mol. The number of rotatable bonds is 5. The first kappa shape index (κ1) is 15.5. The molecule has 2 rings (SSSR count). The van der Waals surface area contributed by atoms with E-state index < -0.39 is 0 Å².